The SMILES string of the molecule is C=C(C)CC(OCc1cc(F)cc(F)c1)C(=O)NC(C)(C)C. The molecule has 0 fully saturated rings. The van der Waals surface area contributed by atoms with Crippen LogP contribution in [0.3, 0.4) is 0 Å². The highest BCUT2D eigenvalue weighted by Gasteiger charge is 2.23. The van der Waals surface area contributed by atoms with Crippen LogP contribution < -0.4 is 5.32 Å². The van der Waals surface area contributed by atoms with E-state index in [-0.39, 0.29) is 12.5 Å². The Bertz CT molecular complexity index is 530. The van der Waals surface area contributed by atoms with Gasteiger partial charge in [0.15, 0.2) is 0 Å². The summed E-state index contributed by atoms with van der Waals surface area (Å²) in [6.07, 6.45) is -0.400. The van der Waals surface area contributed by atoms with Crippen LogP contribution in [-0.4, -0.2) is 17.6 Å². The maximum atomic E-state index is 13.2. The molecule has 0 bridgehead atoms. The number of benzene rings is 1. The van der Waals surface area contributed by atoms with E-state index in [0.717, 1.165) is 11.6 Å². The van der Waals surface area contributed by atoms with Gasteiger partial charge in [0, 0.05) is 18.0 Å². The smallest absolute Gasteiger partial charge is 0.249 e. The highest BCUT2D eigenvalue weighted by Crippen LogP contribution is 2.14. The molecule has 0 aromatic heterocycles. The number of hydrogen-bond acceptors (Lipinski definition) is 2. The van der Waals surface area contributed by atoms with Crippen LogP contribution >= 0.6 is 0 Å². The summed E-state index contributed by atoms with van der Waals surface area (Å²) in [6.45, 7) is 11.1. The molecule has 5 heteroatoms. The number of rotatable bonds is 6. The molecule has 0 spiro atoms. The second kappa shape index (κ2) is 7.49. The molecule has 0 aliphatic carbocycles. The molecule has 0 aliphatic rings. The van der Waals surface area contributed by atoms with Gasteiger partial charge in [-0.2, -0.15) is 0 Å². The van der Waals surface area contributed by atoms with Crippen molar-refractivity contribution in [2.24, 2.45) is 0 Å². The molecule has 1 amide bonds. The maximum Gasteiger partial charge on any atom is 0.249 e. The first-order valence-electron chi connectivity index (χ1n) is 7.10. The molecule has 0 heterocycles. The van der Waals surface area contributed by atoms with E-state index in [2.05, 4.69) is 11.9 Å². The first-order chi connectivity index (χ1) is 10.1. The lowest BCUT2D eigenvalue weighted by Gasteiger charge is -2.25. The maximum absolute atomic E-state index is 13.2. The van der Waals surface area contributed by atoms with Crippen molar-refractivity contribution in [3.63, 3.8) is 0 Å². The number of nitrogens with one attached hydrogen (secondary N) is 1. The Morgan fingerprint density at radius 2 is 1.82 bits per heavy atom. The number of halogens is 2. The van der Waals surface area contributed by atoms with E-state index in [1.54, 1.807) is 6.92 Å². The summed E-state index contributed by atoms with van der Waals surface area (Å²) in [4.78, 5) is 12.2. The van der Waals surface area contributed by atoms with Gasteiger partial charge in [0.1, 0.15) is 17.7 Å². The van der Waals surface area contributed by atoms with Crippen molar-refractivity contribution in [2.75, 3.05) is 0 Å². The lowest BCUT2D eigenvalue weighted by atomic mass is 10.1. The van der Waals surface area contributed by atoms with Crippen molar-refractivity contribution in [2.45, 2.75) is 52.4 Å². The van der Waals surface area contributed by atoms with Gasteiger partial charge in [-0.3, -0.25) is 4.79 Å². The monoisotopic (exact) mass is 311 g/mol. The third kappa shape index (κ3) is 6.80. The fourth-order valence-corrected chi connectivity index (χ4v) is 1.88. The quantitative estimate of drug-likeness (QED) is 0.813. The number of ether oxygens (including phenoxy) is 1. The van der Waals surface area contributed by atoms with Crippen molar-refractivity contribution in [1.29, 1.82) is 0 Å². The summed E-state index contributed by atoms with van der Waals surface area (Å²) in [5, 5.41) is 2.83. The number of carbonyl (C=O) groups excluding carboxylic acids is 1. The summed E-state index contributed by atoms with van der Waals surface area (Å²) in [6, 6.07) is 3.16. The molecule has 0 saturated heterocycles. The van der Waals surface area contributed by atoms with Crippen molar-refractivity contribution >= 4 is 5.91 Å². The van der Waals surface area contributed by atoms with E-state index in [0.29, 0.717) is 12.0 Å². The molecule has 1 rings (SSSR count). The molecule has 1 N–H and O–H groups in total. The third-order valence-electron chi connectivity index (χ3n) is 2.70. The molecular weight excluding hydrogens is 288 g/mol. The fourth-order valence-electron chi connectivity index (χ4n) is 1.88. The van der Waals surface area contributed by atoms with E-state index >= 15 is 0 Å². The Morgan fingerprint density at radius 1 is 1.27 bits per heavy atom. The lowest BCUT2D eigenvalue weighted by molar-refractivity contribution is -0.135. The predicted molar refractivity (Wildman–Crippen MR) is 82.3 cm³/mol. The van der Waals surface area contributed by atoms with Crippen LogP contribution in [0.1, 0.15) is 39.7 Å². The van der Waals surface area contributed by atoms with E-state index in [1.165, 1.54) is 12.1 Å². The standard InChI is InChI=1S/C17H23F2NO2/c1-11(2)6-15(16(21)20-17(3,4)5)22-10-12-7-13(18)9-14(19)8-12/h7-9,15H,1,6,10H2,2-5H3,(H,20,21). The van der Waals surface area contributed by atoms with Gasteiger partial charge in [-0.15, -0.1) is 6.58 Å². The fraction of sp³-hybridized carbons (Fsp3) is 0.471. The zero-order valence-corrected chi connectivity index (χ0v) is 13.5. The van der Waals surface area contributed by atoms with Crippen LogP contribution in [0.2, 0.25) is 0 Å². The van der Waals surface area contributed by atoms with Crippen LogP contribution in [0.5, 0.6) is 0 Å². The molecule has 0 saturated carbocycles. The topological polar surface area (TPSA) is 38.3 Å². The molecule has 0 aliphatic heterocycles. The van der Waals surface area contributed by atoms with E-state index in [9.17, 15) is 13.6 Å². The van der Waals surface area contributed by atoms with Gasteiger partial charge in [-0.05, 0) is 45.4 Å². The van der Waals surface area contributed by atoms with Crippen LogP contribution in [0.15, 0.2) is 30.4 Å². The zero-order valence-electron chi connectivity index (χ0n) is 13.5. The molecule has 1 atom stereocenters. The molecule has 1 unspecified atom stereocenters. The number of hydrogen-bond donors (Lipinski definition) is 1. The van der Waals surface area contributed by atoms with Crippen LogP contribution in [0, 0.1) is 11.6 Å². The van der Waals surface area contributed by atoms with Crippen LogP contribution in [0.4, 0.5) is 8.78 Å². The van der Waals surface area contributed by atoms with Gasteiger partial charge in [0.2, 0.25) is 5.91 Å². The normalized spacial score (nSPS) is 12.8. The van der Waals surface area contributed by atoms with E-state index < -0.39 is 23.3 Å². The van der Waals surface area contributed by atoms with Crippen molar-refractivity contribution in [1.82, 2.24) is 5.32 Å². The van der Waals surface area contributed by atoms with Crippen molar-refractivity contribution in [3.8, 4) is 0 Å². The first kappa shape index (κ1) is 18.3. The minimum absolute atomic E-state index is 0.0514. The van der Waals surface area contributed by atoms with E-state index in [4.69, 9.17) is 4.74 Å². The molecule has 122 valence electrons. The highest BCUT2D eigenvalue weighted by atomic mass is 19.1. The Hall–Kier alpha value is -1.75. The summed E-state index contributed by atoms with van der Waals surface area (Å²) in [5.74, 6) is -1.62. The van der Waals surface area contributed by atoms with Crippen molar-refractivity contribution in [3.05, 3.63) is 47.5 Å². The average molecular weight is 311 g/mol. The minimum Gasteiger partial charge on any atom is -0.363 e. The second-order valence-corrected chi connectivity index (χ2v) is 6.48. The van der Waals surface area contributed by atoms with Crippen molar-refractivity contribution < 1.29 is 18.3 Å². The summed E-state index contributed by atoms with van der Waals surface area (Å²) < 4.78 is 31.9. The largest absolute Gasteiger partial charge is 0.363 e. The van der Waals surface area contributed by atoms with Gasteiger partial charge in [-0.25, -0.2) is 8.78 Å². The first-order valence-corrected chi connectivity index (χ1v) is 7.10. The Labute approximate surface area is 130 Å². The summed E-state index contributed by atoms with van der Waals surface area (Å²) >= 11 is 0. The molecule has 1 aromatic rings. The molecule has 3 nitrogen and oxygen atoms in total. The second-order valence-electron chi connectivity index (χ2n) is 6.48. The van der Waals surface area contributed by atoms with Gasteiger partial charge < -0.3 is 10.1 Å². The Kier molecular flexibility index (Phi) is 6.23. The molecule has 0 radical (unpaired) electrons. The van der Waals surface area contributed by atoms with Gasteiger partial charge in [-0.1, -0.05) is 5.57 Å². The Balaban J connectivity index is 2.76. The molecule has 22 heavy (non-hydrogen) atoms. The average Bonchev–Trinajstić information content (AvgIpc) is 2.30. The lowest BCUT2D eigenvalue weighted by Crippen LogP contribution is -2.46. The number of carbonyl (C=O) groups is 1. The van der Waals surface area contributed by atoms with Gasteiger partial charge in [0.25, 0.3) is 0 Å². The van der Waals surface area contributed by atoms with Crippen LogP contribution in [-0.2, 0) is 16.1 Å². The van der Waals surface area contributed by atoms with Crippen LogP contribution in [0.25, 0.3) is 0 Å². The molecular formula is C17H23F2NO2. The van der Waals surface area contributed by atoms with E-state index in [1.807, 2.05) is 20.8 Å². The minimum atomic E-state index is -0.747. The molecule has 1 aromatic carbocycles. The summed E-state index contributed by atoms with van der Waals surface area (Å²) in [5.41, 5.74) is 0.742. The third-order valence-corrected chi connectivity index (χ3v) is 2.70. The highest BCUT2D eigenvalue weighted by molar-refractivity contribution is 5.81. The van der Waals surface area contributed by atoms with Gasteiger partial charge in [0.05, 0.1) is 6.61 Å². The Morgan fingerprint density at radius 3 is 2.27 bits per heavy atom. The van der Waals surface area contributed by atoms with Gasteiger partial charge >= 0.3 is 0 Å². The zero-order chi connectivity index (χ0) is 16.9. The predicted octanol–water partition coefficient (Wildman–Crippen LogP) is 3.73. The summed E-state index contributed by atoms with van der Waals surface area (Å²) in [7, 11) is 0. The number of amides is 1.